The van der Waals surface area contributed by atoms with E-state index in [1.54, 1.807) is 0 Å². The van der Waals surface area contributed by atoms with Gasteiger partial charge < -0.3 is 5.11 Å². The largest absolute Gasteiger partial charge is 0.481 e. The van der Waals surface area contributed by atoms with Gasteiger partial charge in [-0.05, 0) is 30.5 Å². The Kier molecular flexibility index (Phi) is 5.50. The van der Waals surface area contributed by atoms with Crippen LogP contribution in [0.15, 0.2) is 18.2 Å². The van der Waals surface area contributed by atoms with Crippen molar-refractivity contribution in [1.29, 1.82) is 0 Å². The molecule has 0 amide bonds. The molecule has 2 nitrogen and oxygen atoms in total. The average Bonchev–Trinajstić information content (AvgIpc) is 2.29. The van der Waals surface area contributed by atoms with Gasteiger partial charge >= 0.3 is 12.1 Å². The lowest BCUT2D eigenvalue weighted by atomic mass is 9.90. The van der Waals surface area contributed by atoms with Gasteiger partial charge in [0.25, 0.3) is 0 Å². The Labute approximate surface area is 118 Å². The molecule has 0 aromatic heterocycles. The zero-order chi connectivity index (χ0) is 14.6. The van der Waals surface area contributed by atoms with Gasteiger partial charge in [-0.1, -0.05) is 17.7 Å². The minimum Gasteiger partial charge on any atom is -0.481 e. The summed E-state index contributed by atoms with van der Waals surface area (Å²) in [6.45, 7) is 0. The number of carbonyl (C=O) groups is 1. The Morgan fingerprint density at radius 1 is 1.37 bits per heavy atom. The summed E-state index contributed by atoms with van der Waals surface area (Å²) in [5, 5.41) is 8.98. The van der Waals surface area contributed by atoms with Crippen molar-refractivity contribution < 1.29 is 23.1 Å². The summed E-state index contributed by atoms with van der Waals surface area (Å²) in [6, 6.07) is 3.11. The maximum absolute atomic E-state index is 12.9. The van der Waals surface area contributed by atoms with E-state index in [4.69, 9.17) is 28.3 Å². The first kappa shape index (κ1) is 16.1. The molecule has 1 rings (SSSR count). The molecule has 1 N–H and O–H groups in total. The SMILES string of the molecule is O=C(O)[C@H](CCCCl)c1ccc(Cl)cc1C(F)(F)F. The molecule has 19 heavy (non-hydrogen) atoms. The van der Waals surface area contributed by atoms with Crippen molar-refractivity contribution in [2.24, 2.45) is 0 Å². The van der Waals surface area contributed by atoms with Crippen molar-refractivity contribution >= 4 is 29.2 Å². The summed E-state index contributed by atoms with van der Waals surface area (Å²) in [5.74, 6) is -2.36. The summed E-state index contributed by atoms with van der Waals surface area (Å²) >= 11 is 11.0. The third kappa shape index (κ3) is 4.28. The van der Waals surface area contributed by atoms with Crippen molar-refractivity contribution in [1.82, 2.24) is 0 Å². The van der Waals surface area contributed by atoms with E-state index in [9.17, 15) is 18.0 Å². The number of rotatable bonds is 5. The van der Waals surface area contributed by atoms with Crippen LogP contribution in [0.4, 0.5) is 13.2 Å². The Morgan fingerprint density at radius 3 is 2.47 bits per heavy atom. The number of carboxylic acid groups (broad SMARTS) is 1. The van der Waals surface area contributed by atoms with Crippen LogP contribution < -0.4 is 0 Å². The molecule has 1 aromatic rings. The highest BCUT2D eigenvalue weighted by Gasteiger charge is 2.37. The molecule has 0 aliphatic rings. The summed E-state index contributed by atoms with van der Waals surface area (Å²) in [4.78, 5) is 11.1. The highest BCUT2D eigenvalue weighted by Crippen LogP contribution is 2.38. The molecule has 0 bridgehead atoms. The van der Waals surface area contributed by atoms with Gasteiger partial charge in [-0.15, -0.1) is 11.6 Å². The Hall–Kier alpha value is -0.940. The molecule has 0 aliphatic carbocycles. The van der Waals surface area contributed by atoms with Gasteiger partial charge in [0.1, 0.15) is 0 Å². The molecule has 0 fully saturated rings. The van der Waals surface area contributed by atoms with Crippen molar-refractivity contribution in [3.8, 4) is 0 Å². The lowest BCUT2D eigenvalue weighted by Crippen LogP contribution is -2.18. The van der Waals surface area contributed by atoms with E-state index >= 15 is 0 Å². The first-order chi connectivity index (χ1) is 8.77. The van der Waals surface area contributed by atoms with Gasteiger partial charge in [0.05, 0.1) is 11.5 Å². The maximum Gasteiger partial charge on any atom is 0.416 e. The summed E-state index contributed by atoms with van der Waals surface area (Å²) in [5.41, 5.74) is -1.29. The normalized spacial score (nSPS) is 13.3. The van der Waals surface area contributed by atoms with E-state index in [1.165, 1.54) is 6.07 Å². The Bertz CT molecular complexity index is 461. The van der Waals surface area contributed by atoms with Crippen molar-refractivity contribution in [2.45, 2.75) is 24.9 Å². The van der Waals surface area contributed by atoms with Crippen LogP contribution in [-0.4, -0.2) is 17.0 Å². The van der Waals surface area contributed by atoms with Crippen LogP contribution in [0.3, 0.4) is 0 Å². The van der Waals surface area contributed by atoms with Crippen LogP contribution in [0.2, 0.25) is 5.02 Å². The van der Waals surface area contributed by atoms with E-state index in [1.807, 2.05) is 0 Å². The van der Waals surface area contributed by atoms with Crippen LogP contribution in [0, 0.1) is 0 Å². The second-order valence-electron chi connectivity index (χ2n) is 3.95. The second kappa shape index (κ2) is 6.48. The summed E-state index contributed by atoms with van der Waals surface area (Å²) in [6.07, 6.45) is -4.28. The number of aliphatic carboxylic acids is 1. The van der Waals surface area contributed by atoms with Gasteiger partial charge in [-0.3, -0.25) is 4.79 Å². The number of alkyl halides is 4. The third-order valence-corrected chi connectivity index (χ3v) is 3.12. The molecule has 0 aliphatic heterocycles. The van der Waals surface area contributed by atoms with E-state index in [0.29, 0.717) is 6.42 Å². The van der Waals surface area contributed by atoms with E-state index in [0.717, 1.165) is 12.1 Å². The average molecular weight is 315 g/mol. The standard InChI is InChI=1S/C12H11Cl2F3O2/c13-5-1-2-9(11(18)19)8-4-3-7(14)6-10(8)12(15,16)17/h3-4,6,9H,1-2,5H2,(H,18,19)/t9-/m1/s1. The molecule has 0 saturated carbocycles. The topological polar surface area (TPSA) is 37.3 Å². The third-order valence-electron chi connectivity index (χ3n) is 2.62. The van der Waals surface area contributed by atoms with Crippen LogP contribution in [0.1, 0.15) is 29.9 Å². The predicted molar refractivity (Wildman–Crippen MR) is 66.8 cm³/mol. The Morgan fingerprint density at radius 2 is 2.00 bits per heavy atom. The number of benzene rings is 1. The van der Waals surface area contributed by atoms with Crippen molar-refractivity contribution in [3.05, 3.63) is 34.3 Å². The highest BCUT2D eigenvalue weighted by atomic mass is 35.5. The van der Waals surface area contributed by atoms with Crippen LogP contribution in [0.25, 0.3) is 0 Å². The fourth-order valence-electron chi connectivity index (χ4n) is 1.77. The predicted octanol–water partition coefficient (Wildman–Crippen LogP) is 4.55. The highest BCUT2D eigenvalue weighted by molar-refractivity contribution is 6.30. The number of halogens is 5. The summed E-state index contributed by atoms with van der Waals surface area (Å²) in [7, 11) is 0. The number of hydrogen-bond donors (Lipinski definition) is 1. The van der Waals surface area contributed by atoms with Crippen molar-refractivity contribution in [3.63, 3.8) is 0 Å². The zero-order valence-corrected chi connectivity index (χ0v) is 11.2. The van der Waals surface area contributed by atoms with E-state index < -0.39 is 23.6 Å². The molecular weight excluding hydrogens is 304 g/mol. The van der Waals surface area contributed by atoms with Gasteiger partial charge in [-0.25, -0.2) is 0 Å². The molecule has 1 atom stereocenters. The lowest BCUT2D eigenvalue weighted by molar-refractivity contribution is -0.141. The first-order valence-corrected chi connectivity index (χ1v) is 6.34. The first-order valence-electron chi connectivity index (χ1n) is 5.42. The molecule has 0 saturated heterocycles. The van der Waals surface area contributed by atoms with Crippen LogP contribution in [0.5, 0.6) is 0 Å². The fourth-order valence-corrected chi connectivity index (χ4v) is 2.10. The molecule has 7 heteroatoms. The van der Waals surface area contributed by atoms with Crippen LogP contribution >= 0.6 is 23.2 Å². The van der Waals surface area contributed by atoms with Gasteiger partial charge in [0, 0.05) is 10.9 Å². The minimum atomic E-state index is -4.64. The summed E-state index contributed by atoms with van der Waals surface area (Å²) < 4.78 is 38.7. The maximum atomic E-state index is 12.9. The smallest absolute Gasteiger partial charge is 0.416 e. The molecular formula is C12H11Cl2F3O2. The quantitative estimate of drug-likeness (QED) is 0.810. The molecule has 0 heterocycles. The van der Waals surface area contributed by atoms with Gasteiger partial charge in [0.2, 0.25) is 0 Å². The van der Waals surface area contributed by atoms with Crippen molar-refractivity contribution in [2.75, 3.05) is 5.88 Å². The number of hydrogen-bond acceptors (Lipinski definition) is 1. The molecule has 0 spiro atoms. The van der Waals surface area contributed by atoms with Gasteiger partial charge in [0.15, 0.2) is 0 Å². The van der Waals surface area contributed by atoms with E-state index in [-0.39, 0.29) is 22.9 Å². The zero-order valence-electron chi connectivity index (χ0n) is 9.68. The van der Waals surface area contributed by atoms with Crippen LogP contribution in [-0.2, 0) is 11.0 Å². The molecule has 1 aromatic carbocycles. The minimum absolute atomic E-state index is 0.0452. The molecule has 106 valence electrons. The monoisotopic (exact) mass is 314 g/mol. The fraction of sp³-hybridized carbons (Fsp3) is 0.417. The second-order valence-corrected chi connectivity index (χ2v) is 4.77. The number of carboxylic acids is 1. The molecule has 0 unspecified atom stereocenters. The Balaban J connectivity index is 3.26. The van der Waals surface area contributed by atoms with E-state index in [2.05, 4.69) is 0 Å². The van der Waals surface area contributed by atoms with Gasteiger partial charge in [-0.2, -0.15) is 13.2 Å². The molecule has 0 radical (unpaired) electrons. The lowest BCUT2D eigenvalue weighted by Gasteiger charge is -2.18.